The number of fused-ring (bicyclic) bond motifs is 2. The number of para-hydroxylation sites is 2. The highest BCUT2D eigenvalue weighted by molar-refractivity contribution is 6.01. The third-order valence-corrected chi connectivity index (χ3v) is 5.38. The number of halogens is 1. The lowest BCUT2D eigenvalue weighted by atomic mass is 10.0. The third-order valence-electron chi connectivity index (χ3n) is 5.38. The predicted molar refractivity (Wildman–Crippen MR) is 110 cm³/mol. The monoisotopic (exact) mass is 387 g/mol. The quantitative estimate of drug-likeness (QED) is 0.861. The summed E-state index contributed by atoms with van der Waals surface area (Å²) in [5.74, 6) is 0. The molecule has 1 fully saturated rings. The van der Waals surface area contributed by atoms with Gasteiger partial charge in [0.05, 0.1) is 18.0 Å². The van der Waals surface area contributed by atoms with Gasteiger partial charge in [-0.1, -0.05) is 36.4 Å². The van der Waals surface area contributed by atoms with E-state index < -0.39 is 0 Å². The molecule has 1 saturated heterocycles. The second-order valence-corrected chi connectivity index (χ2v) is 6.93. The molecule has 0 spiro atoms. The number of aliphatic hydroxyl groups is 1. The van der Waals surface area contributed by atoms with Gasteiger partial charge in [0.1, 0.15) is 0 Å². The molecule has 0 atom stereocenters. The number of carbonyl (C=O) groups is 1. The number of amides is 2. The van der Waals surface area contributed by atoms with E-state index in [1.807, 2.05) is 34.1 Å². The van der Waals surface area contributed by atoms with Gasteiger partial charge in [-0.05, 0) is 36.1 Å². The van der Waals surface area contributed by atoms with Crippen LogP contribution in [0.3, 0.4) is 0 Å². The van der Waals surface area contributed by atoms with Crippen LogP contribution in [0.1, 0.15) is 11.1 Å². The van der Waals surface area contributed by atoms with Crippen molar-refractivity contribution in [3.05, 3.63) is 59.7 Å². The summed E-state index contributed by atoms with van der Waals surface area (Å²) in [6.07, 6.45) is 1.89. The molecular formula is C21H26ClN3O2. The van der Waals surface area contributed by atoms with Crippen LogP contribution in [-0.2, 0) is 12.8 Å². The summed E-state index contributed by atoms with van der Waals surface area (Å²) in [6, 6.07) is 16.5. The molecule has 2 aliphatic heterocycles. The van der Waals surface area contributed by atoms with Crippen molar-refractivity contribution >= 4 is 29.8 Å². The summed E-state index contributed by atoms with van der Waals surface area (Å²) >= 11 is 0. The van der Waals surface area contributed by atoms with E-state index in [0.717, 1.165) is 37.3 Å². The van der Waals surface area contributed by atoms with Crippen LogP contribution < -0.4 is 4.90 Å². The average molecular weight is 388 g/mol. The number of hydrogen-bond donors (Lipinski definition) is 1. The first-order chi connectivity index (χ1) is 12.8. The van der Waals surface area contributed by atoms with Crippen molar-refractivity contribution in [2.45, 2.75) is 12.8 Å². The van der Waals surface area contributed by atoms with Crippen LogP contribution in [0.5, 0.6) is 0 Å². The maximum absolute atomic E-state index is 13.5. The van der Waals surface area contributed by atoms with Crippen LogP contribution in [-0.4, -0.2) is 60.3 Å². The molecule has 5 nitrogen and oxygen atoms in total. The highest BCUT2D eigenvalue weighted by Gasteiger charge is 2.30. The zero-order valence-corrected chi connectivity index (χ0v) is 16.2. The first-order valence-electron chi connectivity index (χ1n) is 9.36. The number of anilines is 2. The highest BCUT2D eigenvalue weighted by atomic mass is 35.5. The van der Waals surface area contributed by atoms with Crippen molar-refractivity contribution in [3.63, 3.8) is 0 Å². The largest absolute Gasteiger partial charge is 0.395 e. The molecule has 2 aromatic carbocycles. The van der Waals surface area contributed by atoms with Crippen molar-refractivity contribution in [3.8, 4) is 0 Å². The first-order valence-corrected chi connectivity index (χ1v) is 9.36. The number of nitrogens with zero attached hydrogens (tertiary/aromatic N) is 3. The first kappa shape index (κ1) is 19.7. The van der Waals surface area contributed by atoms with E-state index in [1.165, 1.54) is 11.1 Å². The molecule has 2 heterocycles. The van der Waals surface area contributed by atoms with Gasteiger partial charge in [-0.3, -0.25) is 9.80 Å². The fourth-order valence-electron chi connectivity index (χ4n) is 3.93. The van der Waals surface area contributed by atoms with E-state index in [1.54, 1.807) is 0 Å². The smallest absolute Gasteiger partial charge is 0.329 e. The van der Waals surface area contributed by atoms with Crippen molar-refractivity contribution in [1.82, 2.24) is 9.80 Å². The minimum absolute atomic E-state index is 0. The lowest BCUT2D eigenvalue weighted by Gasteiger charge is -2.37. The number of carbonyl (C=O) groups excluding carboxylic acids is 1. The molecule has 2 aliphatic rings. The Balaban J connectivity index is 0.00000210. The van der Waals surface area contributed by atoms with Crippen LogP contribution in [0.25, 0.3) is 0 Å². The van der Waals surface area contributed by atoms with Crippen molar-refractivity contribution in [1.29, 1.82) is 0 Å². The molecule has 0 unspecified atom stereocenters. The summed E-state index contributed by atoms with van der Waals surface area (Å²) in [5.41, 5.74) is 4.44. The van der Waals surface area contributed by atoms with Gasteiger partial charge >= 0.3 is 6.03 Å². The zero-order chi connectivity index (χ0) is 17.9. The van der Waals surface area contributed by atoms with Gasteiger partial charge in [0.25, 0.3) is 0 Å². The highest BCUT2D eigenvalue weighted by Crippen LogP contribution is 2.36. The van der Waals surface area contributed by atoms with Gasteiger partial charge < -0.3 is 10.0 Å². The van der Waals surface area contributed by atoms with E-state index in [-0.39, 0.29) is 25.0 Å². The van der Waals surface area contributed by atoms with Crippen LogP contribution in [0.4, 0.5) is 16.2 Å². The molecule has 27 heavy (non-hydrogen) atoms. The van der Waals surface area contributed by atoms with Crippen molar-refractivity contribution in [2.24, 2.45) is 0 Å². The van der Waals surface area contributed by atoms with Crippen molar-refractivity contribution < 1.29 is 9.90 Å². The van der Waals surface area contributed by atoms with Crippen LogP contribution in [0.15, 0.2) is 48.5 Å². The molecule has 0 aromatic heterocycles. The molecule has 0 bridgehead atoms. The van der Waals surface area contributed by atoms with E-state index in [2.05, 4.69) is 29.2 Å². The maximum atomic E-state index is 13.5. The lowest BCUT2D eigenvalue weighted by molar-refractivity contribution is 0.126. The fourth-order valence-corrected chi connectivity index (χ4v) is 3.93. The molecular weight excluding hydrogens is 362 g/mol. The Bertz CT molecular complexity index is 743. The Morgan fingerprint density at radius 3 is 1.89 bits per heavy atom. The van der Waals surface area contributed by atoms with E-state index in [9.17, 15) is 4.79 Å². The van der Waals surface area contributed by atoms with E-state index >= 15 is 0 Å². The number of urea groups is 1. The van der Waals surface area contributed by atoms with Gasteiger partial charge in [-0.25, -0.2) is 4.79 Å². The van der Waals surface area contributed by atoms with E-state index in [0.29, 0.717) is 19.6 Å². The molecule has 144 valence electrons. The maximum Gasteiger partial charge on any atom is 0.329 e. The summed E-state index contributed by atoms with van der Waals surface area (Å²) < 4.78 is 0. The van der Waals surface area contributed by atoms with Crippen LogP contribution >= 0.6 is 12.4 Å². The Morgan fingerprint density at radius 1 is 0.852 bits per heavy atom. The van der Waals surface area contributed by atoms with Crippen molar-refractivity contribution in [2.75, 3.05) is 44.2 Å². The normalized spacial score (nSPS) is 16.8. The number of hydrogen-bond acceptors (Lipinski definition) is 3. The number of benzene rings is 2. The molecule has 6 heteroatoms. The number of piperazine rings is 1. The van der Waals surface area contributed by atoms with Crippen LogP contribution in [0, 0.1) is 0 Å². The SMILES string of the molecule is Cl.O=C(N1CCN(CCO)CC1)N1c2ccccc2CCc2ccccc21. The number of aliphatic hydroxyl groups excluding tert-OH is 1. The Kier molecular flexibility index (Phi) is 6.37. The molecule has 4 rings (SSSR count). The fraction of sp³-hybridized carbons (Fsp3) is 0.381. The summed E-state index contributed by atoms with van der Waals surface area (Å²) in [6.45, 7) is 3.85. The molecule has 2 amide bonds. The third kappa shape index (κ3) is 3.95. The van der Waals surface area contributed by atoms with E-state index in [4.69, 9.17) is 5.11 Å². The standard InChI is InChI=1S/C21H25N3O2.ClH/c25-16-15-22-11-13-23(14-12-22)21(26)24-19-7-3-1-5-17(19)9-10-18-6-2-4-8-20(18)24;/h1-8,25H,9-16H2;1H. The topological polar surface area (TPSA) is 47.0 Å². The van der Waals surface area contributed by atoms with Gasteiger partial charge in [0, 0.05) is 32.7 Å². The molecule has 0 saturated carbocycles. The Labute approximate surface area is 166 Å². The predicted octanol–water partition coefficient (Wildman–Crippen LogP) is 3.08. The second-order valence-electron chi connectivity index (χ2n) is 6.93. The minimum Gasteiger partial charge on any atom is -0.395 e. The Hall–Kier alpha value is -2.08. The Morgan fingerprint density at radius 2 is 1.37 bits per heavy atom. The van der Waals surface area contributed by atoms with Crippen LogP contribution in [0.2, 0.25) is 0 Å². The molecule has 2 aromatic rings. The number of β-amino-alcohol motifs (C(OH)–C–C–N with tert-alkyl or cyclic N) is 1. The average Bonchev–Trinajstić information content (AvgIpc) is 2.85. The molecule has 0 radical (unpaired) electrons. The van der Waals surface area contributed by atoms with Gasteiger partial charge in [0.2, 0.25) is 0 Å². The molecule has 0 aliphatic carbocycles. The number of rotatable bonds is 2. The summed E-state index contributed by atoms with van der Waals surface area (Å²) in [4.78, 5) is 19.5. The number of aryl methyl sites for hydroxylation is 2. The zero-order valence-electron chi connectivity index (χ0n) is 15.4. The van der Waals surface area contributed by atoms with Gasteiger partial charge in [-0.15, -0.1) is 12.4 Å². The van der Waals surface area contributed by atoms with Gasteiger partial charge in [-0.2, -0.15) is 0 Å². The minimum atomic E-state index is 0. The summed E-state index contributed by atoms with van der Waals surface area (Å²) in [7, 11) is 0. The summed E-state index contributed by atoms with van der Waals surface area (Å²) in [5, 5.41) is 9.12. The molecule has 1 N–H and O–H groups in total. The second kappa shape index (κ2) is 8.74. The lowest BCUT2D eigenvalue weighted by Crippen LogP contribution is -2.52. The van der Waals surface area contributed by atoms with Gasteiger partial charge in [0.15, 0.2) is 0 Å².